The van der Waals surface area contributed by atoms with Gasteiger partial charge in [-0.1, -0.05) is 23.8 Å². The molecule has 0 atom stereocenters. The fraction of sp³-hybridized carbons (Fsp3) is 0.429. The lowest BCUT2D eigenvalue weighted by Gasteiger charge is -2.12. The zero-order valence-electron chi connectivity index (χ0n) is 11.0. The molecule has 1 N–H and O–H groups in total. The van der Waals surface area contributed by atoms with Crippen molar-refractivity contribution in [3.63, 3.8) is 0 Å². The molecule has 6 heteroatoms. The van der Waals surface area contributed by atoms with Crippen LogP contribution in [0.2, 0.25) is 0 Å². The van der Waals surface area contributed by atoms with Crippen LogP contribution in [0.4, 0.5) is 14.5 Å². The van der Waals surface area contributed by atoms with E-state index in [9.17, 15) is 17.2 Å². The van der Waals surface area contributed by atoms with Gasteiger partial charge < -0.3 is 5.32 Å². The molecule has 0 fully saturated rings. The Morgan fingerprint density at radius 2 is 2.00 bits per heavy atom. The Bertz CT molecular complexity index is 597. The molecule has 1 aromatic carbocycles. The van der Waals surface area contributed by atoms with Gasteiger partial charge in [0.1, 0.15) is 0 Å². The molecular weight excluding hydrogens is 284 g/mol. The third kappa shape index (κ3) is 3.36. The third-order valence-corrected chi connectivity index (χ3v) is 4.76. The summed E-state index contributed by atoms with van der Waals surface area (Å²) in [5.41, 5.74) is 1.58. The van der Waals surface area contributed by atoms with Crippen molar-refractivity contribution in [3.05, 3.63) is 35.9 Å². The van der Waals surface area contributed by atoms with Crippen molar-refractivity contribution in [1.82, 2.24) is 0 Å². The Hall–Kier alpha value is -1.43. The van der Waals surface area contributed by atoms with E-state index in [0.29, 0.717) is 6.54 Å². The van der Waals surface area contributed by atoms with E-state index in [4.69, 9.17) is 0 Å². The van der Waals surface area contributed by atoms with Gasteiger partial charge in [-0.25, -0.2) is 8.42 Å². The van der Waals surface area contributed by atoms with Crippen molar-refractivity contribution < 1.29 is 17.2 Å². The second kappa shape index (κ2) is 6.35. The van der Waals surface area contributed by atoms with Crippen molar-refractivity contribution in [3.8, 4) is 0 Å². The summed E-state index contributed by atoms with van der Waals surface area (Å²) < 4.78 is 48.4. The summed E-state index contributed by atoms with van der Waals surface area (Å²) in [6, 6.07) is 5.79. The van der Waals surface area contributed by atoms with Crippen LogP contribution in [0.3, 0.4) is 0 Å². The van der Waals surface area contributed by atoms with Crippen LogP contribution in [0, 0.1) is 0 Å². The maximum Gasteiger partial charge on any atom is 0.341 e. The molecule has 0 saturated carbocycles. The summed E-state index contributed by atoms with van der Waals surface area (Å²) in [7, 11) is -4.57. The fourth-order valence-electron chi connectivity index (χ4n) is 2.28. The van der Waals surface area contributed by atoms with Crippen LogP contribution in [0.1, 0.15) is 25.7 Å². The van der Waals surface area contributed by atoms with E-state index >= 15 is 0 Å². The third-order valence-electron chi connectivity index (χ3n) is 3.32. The van der Waals surface area contributed by atoms with Crippen LogP contribution >= 0.6 is 0 Å². The molecule has 0 heterocycles. The maximum absolute atomic E-state index is 12.6. The highest BCUT2D eigenvalue weighted by Gasteiger charge is 2.28. The minimum atomic E-state index is -4.57. The van der Waals surface area contributed by atoms with Crippen molar-refractivity contribution >= 4 is 15.5 Å². The van der Waals surface area contributed by atoms with Gasteiger partial charge in [-0.15, -0.1) is 0 Å². The molecule has 1 aliphatic rings. The monoisotopic (exact) mass is 301 g/mol. The molecule has 3 nitrogen and oxygen atoms in total. The highest BCUT2D eigenvalue weighted by molar-refractivity contribution is 7.91. The first-order chi connectivity index (χ1) is 9.51. The molecule has 0 aromatic heterocycles. The van der Waals surface area contributed by atoms with Crippen molar-refractivity contribution in [1.29, 1.82) is 0 Å². The van der Waals surface area contributed by atoms with E-state index in [2.05, 4.69) is 11.4 Å². The number of rotatable bonds is 6. The van der Waals surface area contributed by atoms with E-state index in [1.54, 1.807) is 6.07 Å². The van der Waals surface area contributed by atoms with Gasteiger partial charge in [0, 0.05) is 6.54 Å². The van der Waals surface area contributed by atoms with Gasteiger partial charge in [-0.2, -0.15) is 8.78 Å². The molecule has 0 radical (unpaired) electrons. The van der Waals surface area contributed by atoms with Crippen LogP contribution in [0.5, 0.6) is 0 Å². The quantitative estimate of drug-likeness (QED) is 0.817. The van der Waals surface area contributed by atoms with Crippen molar-refractivity contribution in [2.75, 3.05) is 11.9 Å². The highest BCUT2D eigenvalue weighted by atomic mass is 32.2. The smallest absolute Gasteiger partial charge is 0.341 e. The molecule has 0 unspecified atom stereocenters. The SMILES string of the molecule is O=S(=O)(c1ccccc1NCCC1=CCCC1)C(F)F. The van der Waals surface area contributed by atoms with Gasteiger partial charge in [0.05, 0.1) is 10.6 Å². The second-order valence-electron chi connectivity index (χ2n) is 4.73. The van der Waals surface area contributed by atoms with Crippen LogP contribution in [0.25, 0.3) is 0 Å². The average Bonchev–Trinajstić information content (AvgIpc) is 2.92. The van der Waals surface area contributed by atoms with E-state index in [1.165, 1.54) is 23.8 Å². The first kappa shape index (κ1) is 15.0. The average molecular weight is 301 g/mol. The summed E-state index contributed by atoms with van der Waals surface area (Å²) in [5.74, 6) is -3.40. The molecule has 20 heavy (non-hydrogen) atoms. The molecule has 110 valence electrons. The summed E-state index contributed by atoms with van der Waals surface area (Å²) >= 11 is 0. The van der Waals surface area contributed by atoms with Gasteiger partial charge >= 0.3 is 5.76 Å². The largest absolute Gasteiger partial charge is 0.384 e. The highest BCUT2D eigenvalue weighted by Crippen LogP contribution is 2.26. The number of sulfone groups is 1. The van der Waals surface area contributed by atoms with Gasteiger partial charge in [-0.3, -0.25) is 0 Å². The lowest BCUT2D eigenvalue weighted by atomic mass is 10.1. The van der Waals surface area contributed by atoms with Crippen LogP contribution < -0.4 is 5.32 Å². The predicted molar refractivity (Wildman–Crippen MR) is 74.7 cm³/mol. The normalized spacial score (nSPS) is 15.4. The molecule has 0 saturated heterocycles. The fourth-order valence-corrected chi connectivity index (χ4v) is 3.19. The number of hydrogen-bond acceptors (Lipinski definition) is 3. The Morgan fingerprint density at radius 3 is 2.65 bits per heavy atom. The van der Waals surface area contributed by atoms with Crippen LogP contribution in [-0.2, 0) is 9.84 Å². The predicted octanol–water partition coefficient (Wildman–Crippen LogP) is 3.60. The standard InChI is InChI=1S/C14H17F2NO2S/c15-14(16)20(18,19)13-8-4-3-7-12(13)17-10-9-11-5-1-2-6-11/h3-5,7-8,14,17H,1-2,6,9-10H2. The number of alkyl halides is 2. The van der Waals surface area contributed by atoms with E-state index in [0.717, 1.165) is 25.7 Å². The maximum atomic E-state index is 12.6. The van der Waals surface area contributed by atoms with Crippen molar-refractivity contribution in [2.24, 2.45) is 0 Å². The molecule has 1 aromatic rings. The molecule has 0 amide bonds. The van der Waals surface area contributed by atoms with E-state index in [-0.39, 0.29) is 10.6 Å². The topological polar surface area (TPSA) is 46.2 Å². The number of hydrogen-bond donors (Lipinski definition) is 1. The minimum absolute atomic E-state index is 0.242. The number of para-hydroxylation sites is 1. The Morgan fingerprint density at radius 1 is 1.25 bits per heavy atom. The first-order valence-electron chi connectivity index (χ1n) is 6.54. The molecule has 0 bridgehead atoms. The molecule has 0 aliphatic heterocycles. The zero-order valence-corrected chi connectivity index (χ0v) is 11.8. The van der Waals surface area contributed by atoms with Crippen LogP contribution in [0.15, 0.2) is 40.8 Å². The zero-order chi connectivity index (χ0) is 14.6. The Balaban J connectivity index is 2.08. The number of nitrogens with one attached hydrogen (secondary N) is 1. The van der Waals surface area contributed by atoms with Crippen molar-refractivity contribution in [2.45, 2.75) is 36.3 Å². The first-order valence-corrected chi connectivity index (χ1v) is 8.09. The summed E-state index contributed by atoms with van der Waals surface area (Å²) in [4.78, 5) is -0.338. The summed E-state index contributed by atoms with van der Waals surface area (Å²) in [5, 5.41) is 2.95. The van der Waals surface area contributed by atoms with E-state index in [1.807, 2.05) is 0 Å². The van der Waals surface area contributed by atoms with E-state index < -0.39 is 15.6 Å². The number of halogens is 2. The number of allylic oxidation sites excluding steroid dienone is 1. The molecule has 2 rings (SSSR count). The molecule has 1 aliphatic carbocycles. The number of benzene rings is 1. The van der Waals surface area contributed by atoms with Gasteiger partial charge in [0.15, 0.2) is 0 Å². The van der Waals surface area contributed by atoms with Gasteiger partial charge in [-0.05, 0) is 37.8 Å². The summed E-state index contributed by atoms with van der Waals surface area (Å²) in [6.07, 6.45) is 6.31. The Kier molecular flexibility index (Phi) is 4.75. The Labute approximate surface area is 117 Å². The lowest BCUT2D eigenvalue weighted by Crippen LogP contribution is -2.14. The number of anilines is 1. The molecule has 0 spiro atoms. The van der Waals surface area contributed by atoms with Gasteiger partial charge in [0.25, 0.3) is 0 Å². The van der Waals surface area contributed by atoms with Gasteiger partial charge in [0.2, 0.25) is 9.84 Å². The lowest BCUT2D eigenvalue weighted by molar-refractivity contribution is 0.235. The van der Waals surface area contributed by atoms with Crippen LogP contribution in [-0.4, -0.2) is 20.7 Å². The molecular formula is C14H17F2NO2S. The summed E-state index contributed by atoms with van der Waals surface area (Å²) in [6.45, 7) is 0.543. The second-order valence-corrected chi connectivity index (χ2v) is 6.62. The minimum Gasteiger partial charge on any atom is -0.384 e.